The largest absolute Gasteiger partial charge is 0.408 e. The Balaban J connectivity index is 1.53. The van der Waals surface area contributed by atoms with Crippen LogP contribution in [0, 0.1) is 6.92 Å². The fourth-order valence-corrected chi connectivity index (χ4v) is 2.32. The molecule has 1 saturated heterocycles. The summed E-state index contributed by atoms with van der Waals surface area (Å²) in [5.74, 6) is 1.52. The van der Waals surface area contributed by atoms with E-state index in [4.69, 9.17) is 8.94 Å². The molecule has 3 rings (SSSR count). The summed E-state index contributed by atoms with van der Waals surface area (Å²) in [6.45, 7) is 6.23. The predicted octanol–water partition coefficient (Wildman–Crippen LogP) is 0.215. The lowest BCUT2D eigenvalue weighted by Gasteiger charge is -2.33. The molecular formula is C13H18N6O3. The molecule has 0 unspecified atom stereocenters. The van der Waals surface area contributed by atoms with Crippen LogP contribution >= 0.6 is 0 Å². The molecule has 0 aromatic carbocycles. The molecule has 0 N–H and O–H groups in total. The SMILES string of the molecule is CCc1nnc(N2CCN(C(=O)Cc3noc(C)n3)CC2)o1. The lowest BCUT2D eigenvalue weighted by atomic mass is 10.3. The molecule has 0 radical (unpaired) electrons. The van der Waals surface area contributed by atoms with E-state index in [1.165, 1.54) is 0 Å². The van der Waals surface area contributed by atoms with E-state index in [-0.39, 0.29) is 12.3 Å². The van der Waals surface area contributed by atoms with Crippen molar-refractivity contribution in [3.8, 4) is 0 Å². The van der Waals surface area contributed by atoms with Crippen molar-refractivity contribution in [1.29, 1.82) is 0 Å². The first-order valence-electron chi connectivity index (χ1n) is 7.30. The van der Waals surface area contributed by atoms with Crippen LogP contribution in [-0.4, -0.2) is 57.3 Å². The molecule has 9 heteroatoms. The molecular weight excluding hydrogens is 288 g/mol. The van der Waals surface area contributed by atoms with Gasteiger partial charge in [-0.3, -0.25) is 4.79 Å². The lowest BCUT2D eigenvalue weighted by Crippen LogP contribution is -2.49. The Hall–Kier alpha value is -2.45. The Morgan fingerprint density at radius 3 is 2.59 bits per heavy atom. The summed E-state index contributed by atoms with van der Waals surface area (Å²) in [6.07, 6.45) is 0.882. The zero-order valence-corrected chi connectivity index (χ0v) is 12.7. The number of aromatic nitrogens is 4. The Morgan fingerprint density at radius 1 is 1.23 bits per heavy atom. The van der Waals surface area contributed by atoms with Crippen molar-refractivity contribution in [2.75, 3.05) is 31.1 Å². The van der Waals surface area contributed by atoms with Crippen molar-refractivity contribution in [1.82, 2.24) is 25.2 Å². The van der Waals surface area contributed by atoms with Crippen molar-refractivity contribution in [3.05, 3.63) is 17.6 Å². The van der Waals surface area contributed by atoms with Gasteiger partial charge >= 0.3 is 6.01 Å². The molecule has 3 heterocycles. The zero-order valence-electron chi connectivity index (χ0n) is 12.7. The minimum atomic E-state index is 0.000210. The summed E-state index contributed by atoms with van der Waals surface area (Å²) < 4.78 is 10.4. The van der Waals surface area contributed by atoms with Crippen LogP contribution < -0.4 is 4.90 Å². The monoisotopic (exact) mass is 306 g/mol. The second kappa shape index (κ2) is 6.12. The van der Waals surface area contributed by atoms with Crippen molar-refractivity contribution >= 4 is 11.9 Å². The maximum absolute atomic E-state index is 12.2. The highest BCUT2D eigenvalue weighted by Crippen LogP contribution is 2.15. The molecule has 118 valence electrons. The van der Waals surface area contributed by atoms with E-state index in [1.807, 2.05) is 11.8 Å². The number of rotatable bonds is 4. The summed E-state index contributed by atoms with van der Waals surface area (Å²) in [5.41, 5.74) is 0. The lowest BCUT2D eigenvalue weighted by molar-refractivity contribution is -0.130. The summed E-state index contributed by atoms with van der Waals surface area (Å²) in [6, 6.07) is 0.526. The van der Waals surface area contributed by atoms with E-state index < -0.39 is 0 Å². The Kier molecular flexibility index (Phi) is 4.03. The predicted molar refractivity (Wildman–Crippen MR) is 75.2 cm³/mol. The van der Waals surface area contributed by atoms with Gasteiger partial charge in [0.15, 0.2) is 5.82 Å². The van der Waals surface area contributed by atoms with Gasteiger partial charge in [0, 0.05) is 39.5 Å². The molecule has 0 atom stereocenters. The van der Waals surface area contributed by atoms with Gasteiger partial charge in [0.2, 0.25) is 17.7 Å². The molecule has 2 aromatic rings. The molecule has 0 bridgehead atoms. The third-order valence-electron chi connectivity index (χ3n) is 3.54. The van der Waals surface area contributed by atoms with E-state index in [2.05, 4.69) is 20.3 Å². The van der Waals surface area contributed by atoms with Gasteiger partial charge in [0.25, 0.3) is 0 Å². The molecule has 9 nitrogen and oxygen atoms in total. The van der Waals surface area contributed by atoms with Crippen molar-refractivity contribution in [2.24, 2.45) is 0 Å². The van der Waals surface area contributed by atoms with Crippen LogP contribution in [0.1, 0.15) is 24.5 Å². The quantitative estimate of drug-likeness (QED) is 0.790. The van der Waals surface area contributed by atoms with E-state index in [0.29, 0.717) is 49.8 Å². The zero-order chi connectivity index (χ0) is 15.5. The molecule has 0 spiro atoms. The van der Waals surface area contributed by atoms with Gasteiger partial charge in [-0.15, -0.1) is 5.10 Å². The van der Waals surface area contributed by atoms with Crippen LogP contribution in [0.3, 0.4) is 0 Å². The van der Waals surface area contributed by atoms with E-state index in [1.54, 1.807) is 11.8 Å². The first kappa shape index (κ1) is 14.5. The van der Waals surface area contributed by atoms with Crippen LogP contribution in [-0.2, 0) is 17.6 Å². The second-order valence-corrected chi connectivity index (χ2v) is 5.11. The maximum Gasteiger partial charge on any atom is 0.318 e. The standard InChI is InChI=1S/C13H18N6O3/c1-3-11-15-16-13(21-11)19-6-4-18(5-7-19)12(20)8-10-14-9(2)22-17-10/h3-8H2,1-2H3. The van der Waals surface area contributed by atoms with Crippen molar-refractivity contribution in [2.45, 2.75) is 26.7 Å². The third-order valence-corrected chi connectivity index (χ3v) is 3.54. The van der Waals surface area contributed by atoms with Gasteiger partial charge in [0.1, 0.15) is 0 Å². The summed E-state index contributed by atoms with van der Waals surface area (Å²) >= 11 is 0. The van der Waals surface area contributed by atoms with E-state index in [0.717, 1.165) is 6.42 Å². The van der Waals surface area contributed by atoms with Gasteiger partial charge in [-0.05, 0) is 0 Å². The Labute approximate surface area is 127 Å². The highest BCUT2D eigenvalue weighted by atomic mass is 16.5. The number of hydrogen-bond donors (Lipinski definition) is 0. The van der Waals surface area contributed by atoms with Gasteiger partial charge in [-0.2, -0.15) is 4.98 Å². The molecule has 1 fully saturated rings. The molecule has 0 aliphatic carbocycles. The topological polar surface area (TPSA) is 101 Å². The number of nitrogens with zero attached hydrogens (tertiary/aromatic N) is 6. The van der Waals surface area contributed by atoms with E-state index >= 15 is 0 Å². The number of hydrogen-bond acceptors (Lipinski definition) is 8. The van der Waals surface area contributed by atoms with Crippen LogP contribution in [0.25, 0.3) is 0 Å². The Bertz CT molecular complexity index is 644. The number of carbonyl (C=O) groups is 1. The maximum atomic E-state index is 12.2. The number of aryl methyl sites for hydroxylation is 2. The number of carbonyl (C=O) groups excluding carboxylic acids is 1. The fourth-order valence-electron chi connectivity index (χ4n) is 2.32. The normalized spacial score (nSPS) is 15.4. The highest BCUT2D eigenvalue weighted by Gasteiger charge is 2.25. The second-order valence-electron chi connectivity index (χ2n) is 5.11. The number of anilines is 1. The first-order valence-corrected chi connectivity index (χ1v) is 7.30. The molecule has 0 saturated carbocycles. The minimum absolute atomic E-state index is 0.000210. The average molecular weight is 306 g/mol. The van der Waals surface area contributed by atoms with Gasteiger partial charge in [-0.1, -0.05) is 17.2 Å². The van der Waals surface area contributed by atoms with Gasteiger partial charge < -0.3 is 18.7 Å². The molecule has 2 aromatic heterocycles. The molecule has 1 aliphatic rings. The summed E-state index contributed by atoms with van der Waals surface area (Å²) in [4.78, 5) is 20.0. The van der Waals surface area contributed by atoms with Crippen molar-refractivity contribution < 1.29 is 13.7 Å². The van der Waals surface area contributed by atoms with Crippen LogP contribution in [0.5, 0.6) is 0 Å². The van der Waals surface area contributed by atoms with Crippen LogP contribution in [0.15, 0.2) is 8.94 Å². The highest BCUT2D eigenvalue weighted by molar-refractivity contribution is 5.78. The third kappa shape index (κ3) is 3.07. The summed E-state index contributed by atoms with van der Waals surface area (Å²) in [7, 11) is 0. The molecule has 1 amide bonds. The smallest absolute Gasteiger partial charge is 0.318 e. The molecule has 22 heavy (non-hydrogen) atoms. The Morgan fingerprint density at radius 2 is 2.00 bits per heavy atom. The first-order chi connectivity index (χ1) is 10.7. The molecule has 1 aliphatic heterocycles. The number of amides is 1. The van der Waals surface area contributed by atoms with Crippen LogP contribution in [0.4, 0.5) is 6.01 Å². The van der Waals surface area contributed by atoms with E-state index in [9.17, 15) is 4.79 Å². The van der Waals surface area contributed by atoms with Gasteiger partial charge in [0.05, 0.1) is 6.42 Å². The fraction of sp³-hybridized carbons (Fsp3) is 0.615. The van der Waals surface area contributed by atoms with Crippen LogP contribution in [0.2, 0.25) is 0 Å². The van der Waals surface area contributed by atoms with Gasteiger partial charge in [-0.25, -0.2) is 0 Å². The minimum Gasteiger partial charge on any atom is -0.408 e. The summed E-state index contributed by atoms with van der Waals surface area (Å²) in [5, 5.41) is 11.7. The number of piperazine rings is 1. The van der Waals surface area contributed by atoms with Crippen molar-refractivity contribution in [3.63, 3.8) is 0 Å². The average Bonchev–Trinajstić information content (AvgIpc) is 3.16.